The van der Waals surface area contributed by atoms with E-state index in [-0.39, 0.29) is 0 Å². The maximum atomic E-state index is 4.81. The van der Waals surface area contributed by atoms with E-state index in [2.05, 4.69) is 50.6 Å². The van der Waals surface area contributed by atoms with E-state index in [0.29, 0.717) is 6.04 Å². The minimum Gasteiger partial charge on any atom is -0.305 e. The first-order chi connectivity index (χ1) is 13.3. The third-order valence-electron chi connectivity index (χ3n) is 5.43. The van der Waals surface area contributed by atoms with Gasteiger partial charge in [0.2, 0.25) is 0 Å². The maximum Gasteiger partial charge on any atom is 0.0996 e. The molecular formula is C21H21N5S. The Bertz CT molecular complexity index is 1070. The van der Waals surface area contributed by atoms with E-state index in [4.69, 9.17) is 4.98 Å². The second kappa shape index (κ2) is 6.87. The molecule has 1 fully saturated rings. The zero-order valence-electron chi connectivity index (χ0n) is 15.2. The monoisotopic (exact) mass is 375 g/mol. The lowest BCUT2D eigenvalue weighted by atomic mass is 10.1. The molecule has 1 aliphatic rings. The fourth-order valence-electron chi connectivity index (χ4n) is 3.97. The van der Waals surface area contributed by atoms with Crippen molar-refractivity contribution in [3.63, 3.8) is 0 Å². The second-order valence-electron chi connectivity index (χ2n) is 7.07. The van der Waals surface area contributed by atoms with Gasteiger partial charge in [0.25, 0.3) is 0 Å². The molecule has 4 aromatic rings. The molecule has 0 aromatic carbocycles. The molecule has 0 aliphatic carbocycles. The van der Waals surface area contributed by atoms with Crippen LogP contribution in [0.25, 0.3) is 16.6 Å². The number of hydrogen-bond acceptors (Lipinski definition) is 5. The summed E-state index contributed by atoms with van der Waals surface area (Å²) in [6, 6.07) is 8.79. The molecule has 5 heterocycles. The summed E-state index contributed by atoms with van der Waals surface area (Å²) in [6.45, 7) is 4.19. The first kappa shape index (κ1) is 16.6. The van der Waals surface area contributed by atoms with Gasteiger partial charge in [-0.25, -0.2) is 9.97 Å². The Balaban J connectivity index is 1.47. The molecule has 136 valence electrons. The van der Waals surface area contributed by atoms with Gasteiger partial charge in [-0.2, -0.15) is 0 Å². The molecule has 0 bridgehead atoms. The van der Waals surface area contributed by atoms with Crippen molar-refractivity contribution < 1.29 is 0 Å². The van der Waals surface area contributed by atoms with E-state index in [9.17, 15) is 0 Å². The molecule has 1 saturated heterocycles. The molecular weight excluding hydrogens is 354 g/mol. The standard InChI is InChI=1S/C21H21N5S/c1-15-20(27-14-24-15)12-25-9-3-5-18(25)21-19-7-6-17(11-26(19)13-23-21)16-4-2-8-22-10-16/h2,4,6-8,10-11,13-14,18H,3,5,9,12H2,1H3. The van der Waals surface area contributed by atoms with Crippen molar-refractivity contribution in [1.29, 1.82) is 0 Å². The highest BCUT2D eigenvalue weighted by atomic mass is 32.1. The lowest BCUT2D eigenvalue weighted by molar-refractivity contribution is 0.248. The van der Waals surface area contributed by atoms with E-state index in [1.807, 2.05) is 24.1 Å². The predicted octanol–water partition coefficient (Wildman–Crippen LogP) is 4.50. The van der Waals surface area contributed by atoms with Crippen LogP contribution in [0.4, 0.5) is 0 Å². The summed E-state index contributed by atoms with van der Waals surface area (Å²) < 4.78 is 2.14. The Morgan fingerprint density at radius 1 is 1.19 bits per heavy atom. The molecule has 5 nitrogen and oxygen atoms in total. The summed E-state index contributed by atoms with van der Waals surface area (Å²) in [5.41, 5.74) is 7.76. The Kier molecular flexibility index (Phi) is 4.22. The minimum absolute atomic E-state index is 0.376. The lowest BCUT2D eigenvalue weighted by Gasteiger charge is -2.23. The molecule has 0 radical (unpaired) electrons. The van der Waals surface area contributed by atoms with Crippen LogP contribution in [0.2, 0.25) is 0 Å². The van der Waals surface area contributed by atoms with Crippen LogP contribution in [-0.4, -0.2) is 30.8 Å². The van der Waals surface area contributed by atoms with Crippen molar-refractivity contribution in [2.45, 2.75) is 32.4 Å². The summed E-state index contributed by atoms with van der Waals surface area (Å²) in [6.07, 6.45) is 10.2. The normalized spacial score (nSPS) is 17.7. The zero-order chi connectivity index (χ0) is 18.2. The van der Waals surface area contributed by atoms with Gasteiger partial charge in [-0.05, 0) is 44.0 Å². The van der Waals surface area contributed by atoms with E-state index in [1.165, 1.54) is 22.5 Å². The molecule has 1 atom stereocenters. The van der Waals surface area contributed by atoms with E-state index in [0.717, 1.165) is 36.3 Å². The highest BCUT2D eigenvalue weighted by molar-refractivity contribution is 7.09. The number of aromatic nitrogens is 4. The van der Waals surface area contributed by atoms with Gasteiger partial charge < -0.3 is 4.40 Å². The van der Waals surface area contributed by atoms with Gasteiger partial charge in [-0.15, -0.1) is 11.3 Å². The van der Waals surface area contributed by atoms with Gasteiger partial charge in [-0.1, -0.05) is 12.1 Å². The zero-order valence-corrected chi connectivity index (χ0v) is 16.1. The smallest absolute Gasteiger partial charge is 0.0996 e. The molecule has 27 heavy (non-hydrogen) atoms. The van der Waals surface area contributed by atoms with Crippen LogP contribution in [0.3, 0.4) is 0 Å². The molecule has 1 aliphatic heterocycles. The van der Waals surface area contributed by atoms with Crippen LogP contribution in [-0.2, 0) is 6.54 Å². The van der Waals surface area contributed by atoms with Gasteiger partial charge in [0.05, 0.1) is 34.8 Å². The molecule has 0 spiro atoms. The van der Waals surface area contributed by atoms with Crippen molar-refractivity contribution in [2.24, 2.45) is 0 Å². The van der Waals surface area contributed by atoms with Gasteiger partial charge in [0.15, 0.2) is 0 Å². The van der Waals surface area contributed by atoms with Crippen LogP contribution in [0, 0.1) is 6.92 Å². The van der Waals surface area contributed by atoms with Crippen molar-refractivity contribution in [2.75, 3.05) is 6.54 Å². The first-order valence-corrected chi connectivity index (χ1v) is 10.2. The average Bonchev–Trinajstić information content (AvgIpc) is 3.42. The third kappa shape index (κ3) is 3.05. The quantitative estimate of drug-likeness (QED) is 0.527. The predicted molar refractivity (Wildman–Crippen MR) is 108 cm³/mol. The van der Waals surface area contributed by atoms with Crippen LogP contribution >= 0.6 is 11.3 Å². The van der Waals surface area contributed by atoms with Crippen molar-refractivity contribution in [1.82, 2.24) is 24.3 Å². The summed E-state index contributed by atoms with van der Waals surface area (Å²) in [4.78, 5) is 17.4. The highest BCUT2D eigenvalue weighted by Crippen LogP contribution is 2.35. The molecule has 6 heteroatoms. The summed E-state index contributed by atoms with van der Waals surface area (Å²) in [5, 5.41) is 0. The van der Waals surface area contributed by atoms with Crippen molar-refractivity contribution >= 4 is 16.9 Å². The molecule has 0 saturated carbocycles. The SMILES string of the molecule is Cc1ncsc1CN1CCCC1c1ncn2cc(-c3cccnc3)ccc12. The number of nitrogens with zero attached hydrogens (tertiary/aromatic N) is 5. The third-order valence-corrected chi connectivity index (χ3v) is 6.35. The summed E-state index contributed by atoms with van der Waals surface area (Å²) in [7, 11) is 0. The minimum atomic E-state index is 0.376. The number of pyridine rings is 2. The topological polar surface area (TPSA) is 46.3 Å². The highest BCUT2D eigenvalue weighted by Gasteiger charge is 2.29. The number of hydrogen-bond donors (Lipinski definition) is 0. The average molecular weight is 376 g/mol. The van der Waals surface area contributed by atoms with E-state index < -0.39 is 0 Å². The molecule has 0 amide bonds. The Hall–Kier alpha value is -2.57. The molecule has 5 rings (SSSR count). The Morgan fingerprint density at radius 2 is 2.15 bits per heavy atom. The Labute approximate surface area is 162 Å². The number of fused-ring (bicyclic) bond motifs is 1. The summed E-state index contributed by atoms with van der Waals surface area (Å²) >= 11 is 1.75. The van der Waals surface area contributed by atoms with Crippen LogP contribution in [0.15, 0.2) is 54.7 Å². The number of rotatable bonds is 4. The van der Waals surface area contributed by atoms with Gasteiger partial charge in [-0.3, -0.25) is 9.88 Å². The van der Waals surface area contributed by atoms with Crippen LogP contribution in [0.5, 0.6) is 0 Å². The van der Waals surface area contributed by atoms with Gasteiger partial charge >= 0.3 is 0 Å². The number of thiazole rings is 1. The molecule has 4 aromatic heterocycles. The fraction of sp³-hybridized carbons (Fsp3) is 0.286. The fourth-order valence-corrected chi connectivity index (χ4v) is 4.77. The van der Waals surface area contributed by atoms with E-state index in [1.54, 1.807) is 17.5 Å². The number of imidazole rings is 1. The molecule has 0 N–H and O–H groups in total. The van der Waals surface area contributed by atoms with E-state index >= 15 is 0 Å². The first-order valence-electron chi connectivity index (χ1n) is 9.29. The van der Waals surface area contributed by atoms with Crippen LogP contribution in [0.1, 0.15) is 35.1 Å². The summed E-state index contributed by atoms with van der Waals surface area (Å²) in [5.74, 6) is 0. The van der Waals surface area contributed by atoms with Gasteiger partial charge in [0, 0.05) is 35.6 Å². The number of likely N-dealkylation sites (tertiary alicyclic amines) is 1. The van der Waals surface area contributed by atoms with Crippen molar-refractivity contribution in [3.05, 3.63) is 71.0 Å². The molecule has 1 unspecified atom stereocenters. The van der Waals surface area contributed by atoms with Crippen molar-refractivity contribution in [3.8, 4) is 11.1 Å². The maximum absolute atomic E-state index is 4.81. The largest absolute Gasteiger partial charge is 0.305 e. The van der Waals surface area contributed by atoms with Gasteiger partial charge in [0.1, 0.15) is 0 Å². The number of aryl methyl sites for hydroxylation is 1. The Morgan fingerprint density at radius 3 is 2.96 bits per heavy atom. The lowest BCUT2D eigenvalue weighted by Crippen LogP contribution is -2.23. The second-order valence-corrected chi connectivity index (χ2v) is 8.01. The van der Waals surface area contributed by atoms with Crippen LogP contribution < -0.4 is 0 Å².